The number of alkyl halides is 3. The summed E-state index contributed by atoms with van der Waals surface area (Å²) in [5, 5.41) is 7.49. The Bertz CT molecular complexity index is 1360. The number of halogens is 5. The van der Waals surface area contributed by atoms with E-state index in [0.717, 1.165) is 24.4 Å². The molecule has 4 rings (SSSR count). The van der Waals surface area contributed by atoms with Crippen molar-refractivity contribution in [2.24, 2.45) is 0 Å². The lowest BCUT2D eigenvalue weighted by molar-refractivity contribution is -0.137. The maximum Gasteiger partial charge on any atom is 0.418 e. The highest BCUT2D eigenvalue weighted by Crippen LogP contribution is 2.36. The summed E-state index contributed by atoms with van der Waals surface area (Å²) in [5.41, 5.74) is -3.49. The van der Waals surface area contributed by atoms with Gasteiger partial charge in [-0.15, -0.1) is 0 Å². The van der Waals surface area contributed by atoms with Crippen molar-refractivity contribution in [3.05, 3.63) is 71.3 Å². The average Bonchev–Trinajstić information content (AvgIpc) is 3.38. The molecule has 0 aliphatic carbocycles. The molecule has 3 heterocycles. The van der Waals surface area contributed by atoms with Crippen LogP contribution in [0.4, 0.5) is 33.3 Å². The van der Waals surface area contributed by atoms with Crippen LogP contribution in [0.15, 0.2) is 42.9 Å². The van der Waals surface area contributed by atoms with E-state index in [1.807, 2.05) is 0 Å². The smallest absolute Gasteiger partial charge is 0.418 e. The molecule has 1 aromatic carbocycles. The van der Waals surface area contributed by atoms with Gasteiger partial charge in [0, 0.05) is 31.5 Å². The monoisotopic (exact) mass is 552 g/mol. The topological polar surface area (TPSA) is 127 Å². The Morgan fingerprint density at radius 3 is 2.46 bits per heavy atom. The van der Waals surface area contributed by atoms with Gasteiger partial charge in [-0.05, 0) is 18.2 Å². The summed E-state index contributed by atoms with van der Waals surface area (Å²) in [4.78, 5) is 37.3. The minimum Gasteiger partial charge on any atom is -0.467 e. The fourth-order valence-electron chi connectivity index (χ4n) is 3.74. The minimum atomic E-state index is -4.85. The van der Waals surface area contributed by atoms with Gasteiger partial charge in [0.15, 0.2) is 0 Å². The summed E-state index contributed by atoms with van der Waals surface area (Å²) in [7, 11) is 1.36. The quantitative estimate of drug-likeness (QED) is 0.364. The standard InChI is InChI=1S/C24H21F5N6O4/c1-38-22-32-8-13(9-33-22)20(36)35-23(4-5-39-12-23)21(37)31-11-19-17(26)7-15(10-30-19)34-18-3-2-14(25)6-16(18)24(27,28)29/h2-3,6-10,34H,4-5,11-12H2,1H3,(H,31,37)(H,35,36)/t23-/m0/s1. The maximum atomic E-state index is 14.7. The van der Waals surface area contributed by atoms with Crippen LogP contribution in [0.5, 0.6) is 6.01 Å². The first-order valence-electron chi connectivity index (χ1n) is 11.3. The number of benzene rings is 1. The molecule has 0 unspecified atom stereocenters. The third-order valence-electron chi connectivity index (χ3n) is 5.78. The van der Waals surface area contributed by atoms with Crippen LogP contribution in [-0.4, -0.2) is 52.6 Å². The molecule has 15 heteroatoms. The van der Waals surface area contributed by atoms with Gasteiger partial charge in [0.1, 0.15) is 17.2 Å². The average molecular weight is 552 g/mol. The second-order valence-corrected chi connectivity index (χ2v) is 8.45. The molecule has 206 valence electrons. The highest BCUT2D eigenvalue weighted by molar-refractivity contribution is 5.99. The van der Waals surface area contributed by atoms with Gasteiger partial charge in [-0.25, -0.2) is 18.7 Å². The van der Waals surface area contributed by atoms with Gasteiger partial charge >= 0.3 is 12.2 Å². The van der Waals surface area contributed by atoms with E-state index in [2.05, 4.69) is 30.9 Å². The Morgan fingerprint density at radius 1 is 1.10 bits per heavy atom. The van der Waals surface area contributed by atoms with Crippen LogP contribution in [0.3, 0.4) is 0 Å². The van der Waals surface area contributed by atoms with Gasteiger partial charge in [-0.1, -0.05) is 0 Å². The molecule has 0 spiro atoms. The zero-order chi connectivity index (χ0) is 28.2. The molecule has 0 bridgehead atoms. The molecule has 3 N–H and O–H groups in total. The number of carbonyl (C=O) groups is 2. The lowest BCUT2D eigenvalue weighted by atomic mass is 9.96. The third-order valence-corrected chi connectivity index (χ3v) is 5.78. The van der Waals surface area contributed by atoms with Crippen LogP contribution < -0.4 is 20.7 Å². The van der Waals surface area contributed by atoms with Crippen LogP contribution in [0.1, 0.15) is 28.0 Å². The lowest BCUT2D eigenvalue weighted by Gasteiger charge is -2.27. The van der Waals surface area contributed by atoms with Gasteiger partial charge in [-0.3, -0.25) is 14.6 Å². The van der Waals surface area contributed by atoms with E-state index >= 15 is 0 Å². The largest absolute Gasteiger partial charge is 0.467 e. The van der Waals surface area contributed by atoms with E-state index in [1.165, 1.54) is 19.5 Å². The van der Waals surface area contributed by atoms with E-state index in [-0.39, 0.29) is 42.6 Å². The predicted molar refractivity (Wildman–Crippen MR) is 125 cm³/mol. The number of amides is 2. The number of hydrogen-bond acceptors (Lipinski definition) is 8. The second kappa shape index (κ2) is 11.1. The van der Waals surface area contributed by atoms with Crippen molar-refractivity contribution >= 4 is 23.2 Å². The Balaban J connectivity index is 1.43. The number of ether oxygens (including phenoxy) is 2. The van der Waals surface area contributed by atoms with Crippen molar-refractivity contribution in [1.82, 2.24) is 25.6 Å². The van der Waals surface area contributed by atoms with Crippen molar-refractivity contribution in [2.45, 2.75) is 24.7 Å². The van der Waals surface area contributed by atoms with Crippen LogP contribution in [-0.2, 0) is 22.3 Å². The molecule has 1 aliphatic heterocycles. The molecule has 10 nitrogen and oxygen atoms in total. The molecule has 1 saturated heterocycles. The number of anilines is 2. The lowest BCUT2D eigenvalue weighted by Crippen LogP contribution is -2.59. The van der Waals surface area contributed by atoms with Crippen molar-refractivity contribution < 1.29 is 41.0 Å². The van der Waals surface area contributed by atoms with Gasteiger partial charge in [-0.2, -0.15) is 13.2 Å². The number of pyridine rings is 1. The van der Waals surface area contributed by atoms with Gasteiger partial charge < -0.3 is 25.4 Å². The maximum absolute atomic E-state index is 14.7. The molecule has 1 aliphatic rings. The summed E-state index contributed by atoms with van der Waals surface area (Å²) >= 11 is 0. The van der Waals surface area contributed by atoms with Crippen molar-refractivity contribution in [2.75, 3.05) is 25.6 Å². The van der Waals surface area contributed by atoms with Crippen molar-refractivity contribution in [3.8, 4) is 6.01 Å². The zero-order valence-electron chi connectivity index (χ0n) is 20.2. The normalized spacial score (nSPS) is 17.0. The summed E-state index contributed by atoms with van der Waals surface area (Å²) in [6, 6.07) is 2.96. The van der Waals surface area contributed by atoms with E-state index < -0.39 is 53.0 Å². The molecule has 0 saturated carbocycles. The molecule has 3 aromatic rings. The van der Waals surface area contributed by atoms with Crippen LogP contribution in [0.2, 0.25) is 0 Å². The number of nitrogens with one attached hydrogen (secondary N) is 3. The number of aromatic nitrogens is 3. The highest BCUT2D eigenvalue weighted by Gasteiger charge is 2.44. The van der Waals surface area contributed by atoms with E-state index in [4.69, 9.17) is 9.47 Å². The summed E-state index contributed by atoms with van der Waals surface area (Å²) < 4.78 is 77.9. The first kappa shape index (κ1) is 27.6. The van der Waals surface area contributed by atoms with Crippen molar-refractivity contribution in [1.29, 1.82) is 0 Å². The zero-order valence-corrected chi connectivity index (χ0v) is 20.2. The predicted octanol–water partition coefficient (Wildman–Crippen LogP) is 3.13. The second-order valence-electron chi connectivity index (χ2n) is 8.45. The molecule has 1 fully saturated rings. The van der Waals surface area contributed by atoms with Crippen molar-refractivity contribution in [3.63, 3.8) is 0 Å². The molecular formula is C24H21F5N6O4. The number of rotatable bonds is 8. The minimum absolute atomic E-state index is 0.0532. The van der Waals surface area contributed by atoms with E-state index in [9.17, 15) is 31.5 Å². The van der Waals surface area contributed by atoms with E-state index in [1.54, 1.807) is 0 Å². The molecule has 1 atom stereocenters. The summed E-state index contributed by atoms with van der Waals surface area (Å²) in [6.45, 7) is -0.346. The van der Waals surface area contributed by atoms with Gasteiger partial charge in [0.2, 0.25) is 5.91 Å². The number of nitrogens with zero attached hydrogens (tertiary/aromatic N) is 3. The molecule has 2 amide bonds. The van der Waals surface area contributed by atoms with Gasteiger partial charge in [0.25, 0.3) is 5.91 Å². The Hall–Kier alpha value is -4.40. The fraction of sp³-hybridized carbons (Fsp3) is 0.292. The highest BCUT2D eigenvalue weighted by atomic mass is 19.4. The Morgan fingerprint density at radius 2 is 1.85 bits per heavy atom. The summed E-state index contributed by atoms with van der Waals surface area (Å²) in [6.07, 6.45) is -1.20. The Labute approximate surface area is 218 Å². The molecular weight excluding hydrogens is 531 g/mol. The number of carbonyl (C=O) groups excluding carboxylic acids is 2. The Kier molecular flexibility index (Phi) is 7.90. The fourth-order valence-corrected chi connectivity index (χ4v) is 3.74. The summed E-state index contributed by atoms with van der Waals surface area (Å²) in [5.74, 6) is -3.31. The number of methoxy groups -OCH3 is 1. The molecule has 39 heavy (non-hydrogen) atoms. The molecule has 2 aromatic heterocycles. The third kappa shape index (κ3) is 6.37. The van der Waals surface area contributed by atoms with Gasteiger partial charge in [0.05, 0.1) is 54.7 Å². The van der Waals surface area contributed by atoms with Crippen LogP contribution >= 0.6 is 0 Å². The first-order chi connectivity index (χ1) is 18.5. The SMILES string of the molecule is COc1ncc(C(=O)N[C@@]2(C(=O)NCc3ncc(Nc4ccc(F)cc4C(F)(F)F)cc3F)CCOC2)cn1. The first-order valence-corrected chi connectivity index (χ1v) is 11.3. The van der Waals surface area contributed by atoms with E-state index in [0.29, 0.717) is 6.07 Å². The van der Waals surface area contributed by atoms with Crippen LogP contribution in [0.25, 0.3) is 0 Å². The number of hydrogen-bond donors (Lipinski definition) is 3. The molecule has 0 radical (unpaired) electrons. The van der Waals surface area contributed by atoms with Crippen LogP contribution in [0, 0.1) is 11.6 Å².